The van der Waals surface area contributed by atoms with E-state index in [0.29, 0.717) is 17.4 Å². The van der Waals surface area contributed by atoms with Crippen LogP contribution in [0.1, 0.15) is 12.7 Å². The molecular formula is C18H21N3O3. The van der Waals surface area contributed by atoms with Crippen LogP contribution in [0.25, 0.3) is 0 Å². The zero-order chi connectivity index (χ0) is 16.5. The molecule has 1 fully saturated rings. The van der Waals surface area contributed by atoms with E-state index in [1.165, 1.54) is 0 Å². The lowest BCUT2D eigenvalue weighted by Gasteiger charge is -2.41. The summed E-state index contributed by atoms with van der Waals surface area (Å²) >= 11 is 0. The number of aryl methyl sites for hydroxylation is 1. The van der Waals surface area contributed by atoms with Gasteiger partial charge in [-0.2, -0.15) is 0 Å². The maximum absolute atomic E-state index is 12.6. The molecule has 0 spiro atoms. The molecule has 2 aliphatic heterocycles. The summed E-state index contributed by atoms with van der Waals surface area (Å²) in [5, 5.41) is 0. The van der Waals surface area contributed by atoms with Crippen molar-refractivity contribution >= 4 is 5.91 Å². The first-order valence-corrected chi connectivity index (χ1v) is 8.42. The number of carbonyl (C=O) groups is 1. The number of para-hydroxylation sites is 2. The number of carbonyl (C=O) groups excluding carboxylic acids is 1. The van der Waals surface area contributed by atoms with E-state index in [-0.39, 0.29) is 12.5 Å². The minimum atomic E-state index is -0.541. The molecule has 0 saturated carbocycles. The van der Waals surface area contributed by atoms with Crippen molar-refractivity contribution in [3.63, 3.8) is 0 Å². The third-order valence-corrected chi connectivity index (χ3v) is 4.63. The monoisotopic (exact) mass is 327 g/mol. The molecule has 0 bridgehead atoms. The number of rotatable bonds is 4. The molecule has 1 saturated heterocycles. The highest BCUT2D eigenvalue weighted by Crippen LogP contribution is 2.32. The van der Waals surface area contributed by atoms with E-state index in [1.54, 1.807) is 0 Å². The molecule has 3 heterocycles. The second-order valence-corrected chi connectivity index (χ2v) is 6.32. The van der Waals surface area contributed by atoms with Gasteiger partial charge in [-0.1, -0.05) is 19.1 Å². The van der Waals surface area contributed by atoms with Crippen molar-refractivity contribution in [2.45, 2.75) is 26.0 Å². The molecule has 126 valence electrons. The summed E-state index contributed by atoms with van der Waals surface area (Å²) in [6.07, 6.45) is 4.23. The Morgan fingerprint density at radius 1 is 1.29 bits per heavy atom. The van der Waals surface area contributed by atoms with Crippen LogP contribution in [0.2, 0.25) is 0 Å². The van der Waals surface area contributed by atoms with E-state index in [4.69, 9.17) is 9.47 Å². The number of ether oxygens (including phenoxy) is 2. The molecule has 1 atom stereocenters. The first kappa shape index (κ1) is 15.1. The summed E-state index contributed by atoms with van der Waals surface area (Å²) in [6, 6.07) is 7.46. The molecule has 4 rings (SSSR count). The summed E-state index contributed by atoms with van der Waals surface area (Å²) in [5.74, 6) is 2.94. The first-order chi connectivity index (χ1) is 11.7. The van der Waals surface area contributed by atoms with Crippen molar-refractivity contribution in [1.29, 1.82) is 0 Å². The highest BCUT2D eigenvalue weighted by atomic mass is 16.6. The molecule has 0 aliphatic carbocycles. The van der Waals surface area contributed by atoms with E-state index in [0.717, 1.165) is 31.9 Å². The number of hydrogen-bond acceptors (Lipinski definition) is 4. The predicted molar refractivity (Wildman–Crippen MR) is 88.0 cm³/mol. The minimum absolute atomic E-state index is 0.0158. The summed E-state index contributed by atoms with van der Waals surface area (Å²) in [6.45, 7) is 4.83. The van der Waals surface area contributed by atoms with Gasteiger partial charge < -0.3 is 18.9 Å². The second-order valence-electron chi connectivity index (χ2n) is 6.32. The lowest BCUT2D eigenvalue weighted by Crippen LogP contribution is -2.57. The Kier molecular flexibility index (Phi) is 3.88. The van der Waals surface area contributed by atoms with Crippen molar-refractivity contribution in [2.24, 2.45) is 5.92 Å². The lowest BCUT2D eigenvalue weighted by molar-refractivity contribution is -0.148. The molecule has 1 aromatic heterocycles. The Bertz CT molecular complexity index is 737. The molecule has 6 nitrogen and oxygen atoms in total. The maximum Gasteiger partial charge on any atom is 0.267 e. The van der Waals surface area contributed by atoms with E-state index in [2.05, 4.69) is 16.5 Å². The quantitative estimate of drug-likeness (QED) is 0.858. The Morgan fingerprint density at radius 3 is 2.88 bits per heavy atom. The minimum Gasteiger partial charge on any atom is -0.485 e. The number of fused-ring (bicyclic) bond motifs is 1. The van der Waals surface area contributed by atoms with Gasteiger partial charge in [0.25, 0.3) is 5.91 Å². The standard InChI is InChI=1S/C18H21N3O3/c1-2-17-19-7-8-20(17)9-13-10-21(11-13)18(22)16-12-23-14-5-3-4-6-15(14)24-16/h3-8,13,16H,2,9-12H2,1H3. The highest BCUT2D eigenvalue weighted by molar-refractivity contribution is 5.82. The van der Waals surface area contributed by atoms with Gasteiger partial charge in [-0.25, -0.2) is 4.98 Å². The Hall–Kier alpha value is -2.50. The van der Waals surface area contributed by atoms with Gasteiger partial charge in [-0.05, 0) is 12.1 Å². The number of nitrogens with zero attached hydrogens (tertiary/aromatic N) is 3. The zero-order valence-corrected chi connectivity index (χ0v) is 13.7. The van der Waals surface area contributed by atoms with Gasteiger partial charge in [0.2, 0.25) is 6.10 Å². The molecule has 1 unspecified atom stereocenters. The molecule has 24 heavy (non-hydrogen) atoms. The Labute approximate surface area is 141 Å². The SMILES string of the molecule is CCc1nccn1CC1CN(C(=O)C2COc3ccccc3O2)C1. The van der Waals surface area contributed by atoms with E-state index >= 15 is 0 Å². The predicted octanol–water partition coefficient (Wildman–Crippen LogP) is 1.74. The summed E-state index contributed by atoms with van der Waals surface area (Å²) in [7, 11) is 0. The topological polar surface area (TPSA) is 56.6 Å². The normalized spacial score (nSPS) is 19.9. The molecule has 0 N–H and O–H groups in total. The van der Waals surface area contributed by atoms with E-state index in [1.807, 2.05) is 41.6 Å². The fourth-order valence-corrected chi connectivity index (χ4v) is 3.31. The van der Waals surface area contributed by atoms with Crippen LogP contribution in [0, 0.1) is 5.92 Å². The molecule has 1 aromatic carbocycles. The van der Waals surface area contributed by atoms with E-state index in [9.17, 15) is 4.79 Å². The molecule has 2 aliphatic rings. The fraction of sp³-hybridized carbons (Fsp3) is 0.444. The van der Waals surface area contributed by atoms with Crippen molar-refractivity contribution in [3.8, 4) is 11.5 Å². The third-order valence-electron chi connectivity index (χ3n) is 4.63. The van der Waals surface area contributed by atoms with Crippen LogP contribution >= 0.6 is 0 Å². The lowest BCUT2D eigenvalue weighted by atomic mass is 9.99. The fourth-order valence-electron chi connectivity index (χ4n) is 3.31. The van der Waals surface area contributed by atoms with Gasteiger partial charge in [-0.3, -0.25) is 4.79 Å². The van der Waals surface area contributed by atoms with Crippen LogP contribution in [0.15, 0.2) is 36.7 Å². The first-order valence-electron chi connectivity index (χ1n) is 8.42. The molecule has 2 aromatic rings. The summed E-state index contributed by atoms with van der Waals surface area (Å²) < 4.78 is 13.6. The summed E-state index contributed by atoms with van der Waals surface area (Å²) in [5.41, 5.74) is 0. The van der Waals surface area contributed by atoms with Gasteiger partial charge in [0.15, 0.2) is 11.5 Å². The maximum atomic E-state index is 12.6. The second kappa shape index (κ2) is 6.19. The average Bonchev–Trinajstić information content (AvgIpc) is 3.04. The highest BCUT2D eigenvalue weighted by Gasteiger charge is 2.37. The van der Waals surface area contributed by atoms with Crippen LogP contribution in [-0.2, 0) is 17.8 Å². The smallest absolute Gasteiger partial charge is 0.267 e. The molecule has 0 radical (unpaired) electrons. The molecule has 1 amide bonds. The number of hydrogen-bond donors (Lipinski definition) is 0. The van der Waals surface area contributed by atoms with E-state index < -0.39 is 6.10 Å². The Morgan fingerprint density at radius 2 is 2.08 bits per heavy atom. The van der Waals surface area contributed by atoms with Crippen molar-refractivity contribution < 1.29 is 14.3 Å². The number of likely N-dealkylation sites (tertiary alicyclic amines) is 1. The van der Waals surface area contributed by atoms with Gasteiger partial charge in [0.1, 0.15) is 12.4 Å². The largest absolute Gasteiger partial charge is 0.485 e. The van der Waals surface area contributed by atoms with Crippen LogP contribution in [0.3, 0.4) is 0 Å². The average molecular weight is 327 g/mol. The van der Waals surface area contributed by atoms with Crippen molar-refractivity contribution in [3.05, 3.63) is 42.5 Å². The number of benzene rings is 1. The number of aromatic nitrogens is 2. The third kappa shape index (κ3) is 2.72. The number of imidazole rings is 1. The van der Waals surface area contributed by atoms with Gasteiger partial charge in [0.05, 0.1) is 0 Å². The van der Waals surface area contributed by atoms with Crippen LogP contribution in [0.5, 0.6) is 11.5 Å². The summed E-state index contributed by atoms with van der Waals surface area (Å²) in [4.78, 5) is 18.8. The Balaban J connectivity index is 1.32. The molecule has 6 heteroatoms. The van der Waals surface area contributed by atoms with Crippen molar-refractivity contribution in [2.75, 3.05) is 19.7 Å². The number of amides is 1. The van der Waals surface area contributed by atoms with Crippen LogP contribution < -0.4 is 9.47 Å². The molecular weight excluding hydrogens is 306 g/mol. The van der Waals surface area contributed by atoms with Gasteiger partial charge in [0, 0.05) is 44.4 Å². The zero-order valence-electron chi connectivity index (χ0n) is 13.7. The van der Waals surface area contributed by atoms with Crippen molar-refractivity contribution in [1.82, 2.24) is 14.5 Å². The van der Waals surface area contributed by atoms with Gasteiger partial charge >= 0.3 is 0 Å². The van der Waals surface area contributed by atoms with Crippen LogP contribution in [0.4, 0.5) is 0 Å². The van der Waals surface area contributed by atoms with Gasteiger partial charge in [-0.15, -0.1) is 0 Å². The van der Waals surface area contributed by atoms with Crippen LogP contribution in [-0.4, -0.2) is 46.2 Å².